The van der Waals surface area contributed by atoms with Gasteiger partial charge >= 0.3 is 0 Å². The van der Waals surface area contributed by atoms with Crippen molar-refractivity contribution in [2.45, 2.75) is 44.6 Å². The molecule has 0 fully saturated rings. The summed E-state index contributed by atoms with van der Waals surface area (Å²) in [5.74, 6) is 1.19. The SMILES string of the molecule is CCC(C)CN(CC(=O)N1CCc2sccc2C1COc1ccc(C)cc1)S(=O)(=O)c1ccc(OC)cc1. The van der Waals surface area contributed by atoms with Crippen LogP contribution in [0.5, 0.6) is 11.5 Å². The summed E-state index contributed by atoms with van der Waals surface area (Å²) in [4.78, 5) is 17.0. The van der Waals surface area contributed by atoms with Crippen LogP contribution in [0.3, 0.4) is 0 Å². The summed E-state index contributed by atoms with van der Waals surface area (Å²) in [5.41, 5.74) is 2.22. The van der Waals surface area contributed by atoms with Gasteiger partial charge in [0.2, 0.25) is 15.9 Å². The molecule has 2 heterocycles. The lowest BCUT2D eigenvalue weighted by Gasteiger charge is -2.37. The fourth-order valence-electron chi connectivity index (χ4n) is 4.55. The average molecular weight is 557 g/mol. The average Bonchev–Trinajstić information content (AvgIpc) is 3.41. The Morgan fingerprint density at radius 2 is 1.79 bits per heavy atom. The lowest BCUT2D eigenvalue weighted by Crippen LogP contribution is -2.48. The third-order valence-electron chi connectivity index (χ3n) is 7.07. The highest BCUT2D eigenvalue weighted by atomic mass is 32.2. The van der Waals surface area contributed by atoms with Crippen LogP contribution in [0.15, 0.2) is 64.9 Å². The van der Waals surface area contributed by atoms with Crippen molar-refractivity contribution in [3.05, 3.63) is 76.0 Å². The first-order chi connectivity index (χ1) is 18.2. The Kier molecular flexibility index (Phi) is 9.12. The lowest BCUT2D eigenvalue weighted by atomic mass is 10.0. The lowest BCUT2D eigenvalue weighted by molar-refractivity contribution is -0.135. The van der Waals surface area contributed by atoms with Gasteiger partial charge in [-0.25, -0.2) is 8.42 Å². The number of nitrogens with zero attached hydrogens (tertiary/aromatic N) is 2. The molecule has 0 radical (unpaired) electrons. The maximum absolute atomic E-state index is 13.8. The van der Waals surface area contributed by atoms with E-state index >= 15 is 0 Å². The number of amides is 1. The predicted molar refractivity (Wildman–Crippen MR) is 150 cm³/mol. The first-order valence-electron chi connectivity index (χ1n) is 12.9. The molecule has 0 spiro atoms. The summed E-state index contributed by atoms with van der Waals surface area (Å²) < 4.78 is 40.0. The zero-order chi connectivity index (χ0) is 27.3. The van der Waals surface area contributed by atoms with Crippen LogP contribution >= 0.6 is 11.3 Å². The van der Waals surface area contributed by atoms with Crippen molar-refractivity contribution in [1.82, 2.24) is 9.21 Å². The molecule has 0 bridgehead atoms. The van der Waals surface area contributed by atoms with Crippen molar-refractivity contribution in [3.8, 4) is 11.5 Å². The summed E-state index contributed by atoms with van der Waals surface area (Å²) in [6.07, 6.45) is 1.55. The molecule has 9 heteroatoms. The van der Waals surface area contributed by atoms with E-state index in [0.717, 1.165) is 29.7 Å². The van der Waals surface area contributed by atoms with Crippen molar-refractivity contribution in [3.63, 3.8) is 0 Å². The van der Waals surface area contributed by atoms with Gasteiger partial charge in [-0.3, -0.25) is 4.79 Å². The molecule has 2 atom stereocenters. The van der Waals surface area contributed by atoms with E-state index in [1.54, 1.807) is 28.4 Å². The molecule has 1 aliphatic rings. The van der Waals surface area contributed by atoms with E-state index in [2.05, 4.69) is 0 Å². The molecule has 3 aromatic rings. The van der Waals surface area contributed by atoms with E-state index < -0.39 is 10.0 Å². The second-order valence-electron chi connectivity index (χ2n) is 9.76. The number of methoxy groups -OCH3 is 1. The van der Waals surface area contributed by atoms with Crippen LogP contribution in [0.25, 0.3) is 0 Å². The van der Waals surface area contributed by atoms with E-state index in [0.29, 0.717) is 18.9 Å². The second kappa shape index (κ2) is 12.3. The number of ether oxygens (including phenoxy) is 2. The van der Waals surface area contributed by atoms with Crippen LogP contribution in [0, 0.1) is 12.8 Å². The number of thiophene rings is 1. The van der Waals surface area contributed by atoms with Crippen LogP contribution in [-0.4, -0.2) is 56.9 Å². The molecule has 4 rings (SSSR count). The maximum Gasteiger partial charge on any atom is 0.243 e. The zero-order valence-corrected chi connectivity index (χ0v) is 24.1. The van der Waals surface area contributed by atoms with Gasteiger partial charge in [0.1, 0.15) is 18.1 Å². The van der Waals surface area contributed by atoms with Crippen molar-refractivity contribution in [2.75, 3.05) is 33.4 Å². The monoisotopic (exact) mass is 556 g/mol. The molecule has 1 aliphatic heterocycles. The minimum atomic E-state index is -3.89. The van der Waals surface area contributed by atoms with Gasteiger partial charge in [-0.2, -0.15) is 4.31 Å². The van der Waals surface area contributed by atoms with Crippen LogP contribution in [0.4, 0.5) is 0 Å². The number of fused-ring (bicyclic) bond motifs is 1. The first-order valence-corrected chi connectivity index (χ1v) is 15.2. The topological polar surface area (TPSA) is 76.2 Å². The van der Waals surface area contributed by atoms with Gasteiger partial charge in [0, 0.05) is 18.0 Å². The summed E-state index contributed by atoms with van der Waals surface area (Å²) in [5, 5.41) is 2.04. The minimum Gasteiger partial charge on any atom is -0.497 e. The van der Waals surface area contributed by atoms with Gasteiger partial charge in [0.05, 0.1) is 24.6 Å². The van der Waals surface area contributed by atoms with Crippen molar-refractivity contribution in [2.24, 2.45) is 5.92 Å². The number of rotatable bonds is 11. The van der Waals surface area contributed by atoms with Crippen LogP contribution in [0.1, 0.15) is 42.3 Å². The quantitative estimate of drug-likeness (QED) is 0.320. The number of carbonyl (C=O) groups is 1. The van der Waals surface area contributed by atoms with Crippen molar-refractivity contribution < 1.29 is 22.7 Å². The predicted octanol–water partition coefficient (Wildman–Crippen LogP) is 5.31. The Morgan fingerprint density at radius 1 is 1.11 bits per heavy atom. The Balaban J connectivity index is 1.57. The molecule has 1 aromatic heterocycles. The van der Waals surface area contributed by atoms with Crippen molar-refractivity contribution >= 4 is 27.3 Å². The fourth-order valence-corrected chi connectivity index (χ4v) is 6.98. The molecular formula is C29H36N2O5S2. The van der Waals surface area contributed by atoms with Gasteiger partial charge in [-0.1, -0.05) is 38.0 Å². The molecule has 0 N–H and O–H groups in total. The van der Waals surface area contributed by atoms with E-state index in [1.807, 2.05) is 56.5 Å². The van der Waals surface area contributed by atoms with Crippen molar-refractivity contribution in [1.29, 1.82) is 0 Å². The van der Waals surface area contributed by atoms with E-state index in [1.165, 1.54) is 28.4 Å². The largest absolute Gasteiger partial charge is 0.497 e. The van der Waals surface area contributed by atoms with Crippen LogP contribution in [-0.2, 0) is 21.2 Å². The van der Waals surface area contributed by atoms with Gasteiger partial charge in [0.25, 0.3) is 0 Å². The van der Waals surface area contributed by atoms with Gasteiger partial charge < -0.3 is 14.4 Å². The van der Waals surface area contributed by atoms with Gasteiger partial charge in [-0.05, 0) is 72.7 Å². The molecule has 0 aliphatic carbocycles. The third kappa shape index (κ3) is 6.39. The molecule has 0 saturated heterocycles. The highest BCUT2D eigenvalue weighted by Gasteiger charge is 2.35. The van der Waals surface area contributed by atoms with Gasteiger partial charge in [0.15, 0.2) is 0 Å². The molecule has 38 heavy (non-hydrogen) atoms. The summed E-state index contributed by atoms with van der Waals surface area (Å²) in [6.45, 7) is 6.90. The third-order valence-corrected chi connectivity index (χ3v) is 9.89. The van der Waals surface area contributed by atoms with Crippen LogP contribution in [0.2, 0.25) is 0 Å². The smallest absolute Gasteiger partial charge is 0.243 e. The number of sulfonamides is 1. The number of hydrogen-bond acceptors (Lipinski definition) is 6. The number of carbonyl (C=O) groups excluding carboxylic acids is 1. The minimum absolute atomic E-state index is 0.0984. The van der Waals surface area contributed by atoms with E-state index in [-0.39, 0.29) is 35.9 Å². The molecule has 204 valence electrons. The Labute approximate surface area is 230 Å². The molecule has 2 aromatic carbocycles. The highest BCUT2D eigenvalue weighted by molar-refractivity contribution is 7.89. The van der Waals surface area contributed by atoms with E-state index in [4.69, 9.17) is 9.47 Å². The Morgan fingerprint density at radius 3 is 2.45 bits per heavy atom. The number of benzene rings is 2. The Bertz CT molecular complexity index is 1320. The number of aryl methyl sites for hydroxylation is 1. The summed E-state index contributed by atoms with van der Waals surface area (Å²) >= 11 is 1.69. The summed E-state index contributed by atoms with van der Waals surface area (Å²) in [6, 6.07) is 15.9. The maximum atomic E-state index is 13.8. The molecule has 7 nitrogen and oxygen atoms in total. The van der Waals surface area contributed by atoms with E-state index in [9.17, 15) is 13.2 Å². The summed E-state index contributed by atoms with van der Waals surface area (Å²) in [7, 11) is -2.35. The number of hydrogen-bond donors (Lipinski definition) is 0. The molecule has 0 saturated carbocycles. The molecular weight excluding hydrogens is 520 g/mol. The van der Waals surface area contributed by atoms with Gasteiger partial charge in [-0.15, -0.1) is 11.3 Å². The fraction of sp³-hybridized carbons (Fsp3) is 0.414. The molecule has 2 unspecified atom stereocenters. The first kappa shape index (κ1) is 28.1. The standard InChI is InChI=1S/C29H36N2O5S2/c1-5-21(2)18-30(38(33,34)25-12-10-23(35-4)11-13-25)19-29(32)31-16-14-28-26(15-17-37-28)27(31)20-36-24-8-6-22(3)7-9-24/h6-13,15,17,21,27H,5,14,16,18-20H2,1-4H3. The second-order valence-corrected chi connectivity index (χ2v) is 12.7. The molecule has 1 amide bonds. The van der Waals surface area contributed by atoms with Crippen LogP contribution < -0.4 is 9.47 Å². The zero-order valence-electron chi connectivity index (χ0n) is 22.4. The Hall–Kier alpha value is -2.88. The highest BCUT2D eigenvalue weighted by Crippen LogP contribution is 2.34. The normalized spacial score (nSPS) is 16.2.